The number of aromatic hydroxyl groups is 2. The Balaban J connectivity index is 2.18. The van der Waals surface area contributed by atoms with Crippen molar-refractivity contribution in [2.45, 2.75) is 33.1 Å². The summed E-state index contributed by atoms with van der Waals surface area (Å²) in [5.74, 6) is -0.0559. The van der Waals surface area contributed by atoms with Gasteiger partial charge in [0.1, 0.15) is 5.82 Å². The highest BCUT2D eigenvalue weighted by Crippen LogP contribution is 2.29. The van der Waals surface area contributed by atoms with Gasteiger partial charge in [-0.2, -0.15) is 0 Å². The van der Waals surface area contributed by atoms with Crippen molar-refractivity contribution in [3.05, 3.63) is 53.1 Å². The second-order valence-electron chi connectivity index (χ2n) is 6.45. The SMILES string of the molecule is Cc1cc(C(=O)/C=C/c2cnc(C(C)(C)C)nc2)cc(O)c1O. The summed E-state index contributed by atoms with van der Waals surface area (Å²) in [5, 5.41) is 19.1. The lowest BCUT2D eigenvalue weighted by Gasteiger charge is -2.15. The molecule has 2 N–H and O–H groups in total. The zero-order valence-electron chi connectivity index (χ0n) is 13.7. The van der Waals surface area contributed by atoms with E-state index in [-0.39, 0.29) is 22.7 Å². The van der Waals surface area contributed by atoms with Crippen LogP contribution in [0.3, 0.4) is 0 Å². The summed E-state index contributed by atoms with van der Waals surface area (Å²) < 4.78 is 0. The third-order valence-corrected chi connectivity index (χ3v) is 3.33. The molecule has 1 heterocycles. The number of benzene rings is 1. The quantitative estimate of drug-likeness (QED) is 0.515. The van der Waals surface area contributed by atoms with Crippen LogP contribution in [0, 0.1) is 6.92 Å². The van der Waals surface area contributed by atoms with Crippen LogP contribution in [-0.2, 0) is 5.41 Å². The highest BCUT2D eigenvalue weighted by Gasteiger charge is 2.16. The third kappa shape index (κ3) is 3.94. The number of ketones is 1. The molecule has 0 spiro atoms. The molecule has 23 heavy (non-hydrogen) atoms. The molecule has 2 rings (SSSR count). The summed E-state index contributed by atoms with van der Waals surface area (Å²) >= 11 is 0. The lowest BCUT2D eigenvalue weighted by molar-refractivity contribution is 0.104. The molecule has 0 aliphatic heterocycles. The second-order valence-corrected chi connectivity index (χ2v) is 6.45. The molecule has 0 aliphatic carbocycles. The minimum absolute atomic E-state index is 0.126. The van der Waals surface area contributed by atoms with Crippen LogP contribution in [0.25, 0.3) is 6.08 Å². The zero-order chi connectivity index (χ0) is 17.2. The van der Waals surface area contributed by atoms with Gasteiger partial charge in [0.15, 0.2) is 17.3 Å². The lowest BCUT2D eigenvalue weighted by atomic mass is 9.96. The Hall–Kier alpha value is -2.69. The number of phenols is 2. The molecule has 5 heteroatoms. The van der Waals surface area contributed by atoms with Crippen LogP contribution < -0.4 is 0 Å². The Morgan fingerprint density at radius 3 is 2.26 bits per heavy atom. The van der Waals surface area contributed by atoms with Gasteiger partial charge in [-0.1, -0.05) is 20.8 Å². The molecular formula is C18H20N2O3. The average molecular weight is 312 g/mol. The van der Waals surface area contributed by atoms with E-state index < -0.39 is 0 Å². The first-order valence-electron chi connectivity index (χ1n) is 7.26. The molecule has 0 aliphatic rings. The fourth-order valence-electron chi connectivity index (χ4n) is 1.98. The molecule has 0 saturated heterocycles. The molecular weight excluding hydrogens is 292 g/mol. The second kappa shape index (κ2) is 6.20. The topological polar surface area (TPSA) is 83.3 Å². The van der Waals surface area contributed by atoms with Gasteiger partial charge < -0.3 is 10.2 Å². The maximum atomic E-state index is 12.1. The number of carbonyl (C=O) groups excluding carboxylic acids is 1. The van der Waals surface area contributed by atoms with Gasteiger partial charge in [-0.25, -0.2) is 9.97 Å². The van der Waals surface area contributed by atoms with Crippen molar-refractivity contribution in [2.24, 2.45) is 0 Å². The van der Waals surface area contributed by atoms with Crippen molar-refractivity contribution in [1.29, 1.82) is 0 Å². The molecule has 0 amide bonds. The number of aryl methyl sites for hydroxylation is 1. The summed E-state index contributed by atoms with van der Waals surface area (Å²) in [5.41, 5.74) is 1.34. The predicted octanol–water partition coefficient (Wildman–Crippen LogP) is 3.39. The van der Waals surface area contributed by atoms with E-state index in [1.807, 2.05) is 20.8 Å². The molecule has 2 aromatic rings. The number of rotatable bonds is 3. The standard InChI is InChI=1S/C18H20N2O3/c1-11-7-13(8-15(22)16(11)23)14(21)6-5-12-9-19-17(20-10-12)18(2,3)4/h5-10,22-23H,1-4H3/b6-5+. The van der Waals surface area contributed by atoms with Crippen LogP contribution in [0.5, 0.6) is 11.5 Å². The molecule has 1 aromatic carbocycles. The minimum atomic E-state index is -0.306. The molecule has 0 unspecified atom stereocenters. The maximum absolute atomic E-state index is 12.1. The Bertz CT molecular complexity index is 734. The van der Waals surface area contributed by atoms with Crippen molar-refractivity contribution >= 4 is 11.9 Å². The van der Waals surface area contributed by atoms with E-state index in [1.54, 1.807) is 25.4 Å². The number of aromatic nitrogens is 2. The highest BCUT2D eigenvalue weighted by molar-refractivity contribution is 6.07. The van der Waals surface area contributed by atoms with E-state index >= 15 is 0 Å². The number of allylic oxidation sites excluding steroid dienone is 1. The average Bonchev–Trinajstić information content (AvgIpc) is 2.49. The number of nitrogens with zero attached hydrogens (tertiary/aromatic N) is 2. The third-order valence-electron chi connectivity index (χ3n) is 3.33. The molecule has 5 nitrogen and oxygen atoms in total. The largest absolute Gasteiger partial charge is 0.504 e. The molecule has 1 aromatic heterocycles. The maximum Gasteiger partial charge on any atom is 0.186 e. The summed E-state index contributed by atoms with van der Waals surface area (Å²) in [6, 6.07) is 2.77. The van der Waals surface area contributed by atoms with Gasteiger partial charge in [0.05, 0.1) is 0 Å². The van der Waals surface area contributed by atoms with Gasteiger partial charge in [0, 0.05) is 28.9 Å². The smallest absolute Gasteiger partial charge is 0.186 e. The van der Waals surface area contributed by atoms with Crippen LogP contribution in [-0.4, -0.2) is 26.0 Å². The summed E-state index contributed by atoms with van der Waals surface area (Å²) in [7, 11) is 0. The van der Waals surface area contributed by atoms with Crippen molar-refractivity contribution in [2.75, 3.05) is 0 Å². The van der Waals surface area contributed by atoms with Crippen LogP contribution in [0.4, 0.5) is 0 Å². The summed E-state index contributed by atoms with van der Waals surface area (Å²) in [6.07, 6.45) is 6.34. The Morgan fingerprint density at radius 2 is 1.74 bits per heavy atom. The summed E-state index contributed by atoms with van der Waals surface area (Å²) in [4.78, 5) is 20.7. The Kier molecular flexibility index (Phi) is 4.50. The number of phenolic OH excluding ortho intramolecular Hbond substituents is 2. The first-order valence-corrected chi connectivity index (χ1v) is 7.26. The number of hydrogen-bond acceptors (Lipinski definition) is 5. The first-order chi connectivity index (χ1) is 10.7. The fraction of sp³-hybridized carbons (Fsp3) is 0.278. The van der Waals surface area contributed by atoms with E-state index in [4.69, 9.17) is 0 Å². The van der Waals surface area contributed by atoms with Crippen molar-refractivity contribution in [1.82, 2.24) is 9.97 Å². The number of carbonyl (C=O) groups is 1. The van der Waals surface area contributed by atoms with Gasteiger partial charge in [-0.3, -0.25) is 4.79 Å². The van der Waals surface area contributed by atoms with E-state index in [0.717, 1.165) is 5.82 Å². The van der Waals surface area contributed by atoms with Crippen LogP contribution in [0.15, 0.2) is 30.6 Å². The molecule has 0 fully saturated rings. The first kappa shape index (κ1) is 16.7. The predicted molar refractivity (Wildman–Crippen MR) is 88.6 cm³/mol. The Morgan fingerprint density at radius 1 is 1.13 bits per heavy atom. The van der Waals surface area contributed by atoms with Gasteiger partial charge in [-0.05, 0) is 36.8 Å². The van der Waals surface area contributed by atoms with Crippen LogP contribution in [0.2, 0.25) is 0 Å². The molecule has 0 radical (unpaired) electrons. The molecule has 120 valence electrons. The van der Waals surface area contributed by atoms with E-state index in [9.17, 15) is 15.0 Å². The minimum Gasteiger partial charge on any atom is -0.504 e. The highest BCUT2D eigenvalue weighted by atomic mass is 16.3. The fourth-order valence-corrected chi connectivity index (χ4v) is 1.98. The monoisotopic (exact) mass is 312 g/mol. The summed E-state index contributed by atoms with van der Waals surface area (Å²) in [6.45, 7) is 7.71. The van der Waals surface area contributed by atoms with Gasteiger partial charge in [0.25, 0.3) is 0 Å². The van der Waals surface area contributed by atoms with E-state index in [2.05, 4.69) is 9.97 Å². The normalized spacial score (nSPS) is 11.8. The van der Waals surface area contributed by atoms with Crippen LogP contribution in [0.1, 0.15) is 48.1 Å². The van der Waals surface area contributed by atoms with Gasteiger partial charge in [-0.15, -0.1) is 0 Å². The van der Waals surface area contributed by atoms with Gasteiger partial charge in [0.2, 0.25) is 0 Å². The van der Waals surface area contributed by atoms with E-state index in [0.29, 0.717) is 16.7 Å². The molecule has 0 saturated carbocycles. The molecule has 0 atom stereocenters. The van der Waals surface area contributed by atoms with Gasteiger partial charge >= 0.3 is 0 Å². The van der Waals surface area contributed by atoms with Crippen molar-refractivity contribution in [3.8, 4) is 11.5 Å². The number of hydrogen-bond donors (Lipinski definition) is 2. The molecule has 0 bridgehead atoms. The Labute approximate surface area is 135 Å². The van der Waals surface area contributed by atoms with E-state index in [1.165, 1.54) is 18.2 Å². The lowest BCUT2D eigenvalue weighted by Crippen LogP contribution is -2.15. The van der Waals surface area contributed by atoms with Crippen LogP contribution >= 0.6 is 0 Å². The van der Waals surface area contributed by atoms with Crippen molar-refractivity contribution < 1.29 is 15.0 Å². The zero-order valence-corrected chi connectivity index (χ0v) is 13.7. The van der Waals surface area contributed by atoms with Crippen molar-refractivity contribution in [3.63, 3.8) is 0 Å².